The van der Waals surface area contributed by atoms with E-state index in [1.807, 2.05) is 29.2 Å². The smallest absolute Gasteiger partial charge is 0.258 e. The maximum Gasteiger partial charge on any atom is 0.258 e. The molecule has 100 valence electrons. The Morgan fingerprint density at radius 3 is 2.79 bits per heavy atom. The van der Waals surface area contributed by atoms with Crippen molar-refractivity contribution in [3.05, 3.63) is 42.0 Å². The quantitative estimate of drug-likeness (QED) is 0.901. The standard InChI is InChI=1S/C16H20N2O/c1-12-14-6-2-3-7-15(14)16(19)18(12)10-8-13-5-4-9-17-11-13/h2-3,6-7,13,17H,1,4-5,8-11H2. The molecule has 1 amide bonds. The van der Waals surface area contributed by atoms with Crippen LogP contribution < -0.4 is 5.32 Å². The van der Waals surface area contributed by atoms with Crippen molar-refractivity contribution in [2.45, 2.75) is 19.3 Å². The van der Waals surface area contributed by atoms with Gasteiger partial charge in [-0.1, -0.05) is 24.8 Å². The summed E-state index contributed by atoms with van der Waals surface area (Å²) in [5.74, 6) is 0.808. The fourth-order valence-corrected chi connectivity index (χ4v) is 3.05. The van der Waals surface area contributed by atoms with E-state index >= 15 is 0 Å². The van der Waals surface area contributed by atoms with Gasteiger partial charge < -0.3 is 10.2 Å². The van der Waals surface area contributed by atoms with Crippen molar-refractivity contribution in [1.29, 1.82) is 0 Å². The molecule has 0 aromatic heterocycles. The first-order valence-corrected chi connectivity index (χ1v) is 7.08. The van der Waals surface area contributed by atoms with Gasteiger partial charge in [-0.2, -0.15) is 0 Å². The van der Waals surface area contributed by atoms with Crippen LogP contribution in [0.3, 0.4) is 0 Å². The van der Waals surface area contributed by atoms with Gasteiger partial charge in [-0.15, -0.1) is 0 Å². The van der Waals surface area contributed by atoms with Crippen molar-refractivity contribution >= 4 is 11.6 Å². The Hall–Kier alpha value is -1.61. The normalized spacial score (nSPS) is 22.7. The monoisotopic (exact) mass is 256 g/mol. The zero-order valence-electron chi connectivity index (χ0n) is 11.2. The first kappa shape index (κ1) is 12.4. The van der Waals surface area contributed by atoms with Crippen LogP contribution in [0.5, 0.6) is 0 Å². The molecule has 1 atom stereocenters. The van der Waals surface area contributed by atoms with E-state index in [2.05, 4.69) is 11.9 Å². The van der Waals surface area contributed by atoms with Gasteiger partial charge in [0.05, 0.1) is 0 Å². The van der Waals surface area contributed by atoms with Gasteiger partial charge in [-0.25, -0.2) is 0 Å². The molecule has 1 aromatic carbocycles. The molecule has 1 saturated heterocycles. The van der Waals surface area contributed by atoms with Crippen LogP contribution in [0, 0.1) is 5.92 Å². The van der Waals surface area contributed by atoms with E-state index in [1.165, 1.54) is 12.8 Å². The minimum Gasteiger partial charge on any atom is -0.316 e. The third kappa shape index (κ3) is 2.30. The Bertz CT molecular complexity index is 468. The Morgan fingerprint density at radius 2 is 2.11 bits per heavy atom. The minimum atomic E-state index is 0.115. The largest absolute Gasteiger partial charge is 0.316 e. The lowest BCUT2D eigenvalue weighted by Gasteiger charge is -2.25. The van der Waals surface area contributed by atoms with E-state index in [-0.39, 0.29) is 5.91 Å². The second-order valence-electron chi connectivity index (χ2n) is 5.45. The number of amides is 1. The van der Waals surface area contributed by atoms with Gasteiger partial charge in [0.15, 0.2) is 0 Å². The SMILES string of the molecule is C=C1c2ccccc2C(=O)N1CCC1CCCNC1. The van der Waals surface area contributed by atoms with Crippen molar-refractivity contribution in [1.82, 2.24) is 10.2 Å². The molecule has 1 fully saturated rings. The molecule has 2 heterocycles. The number of rotatable bonds is 3. The molecule has 2 aliphatic rings. The van der Waals surface area contributed by atoms with Crippen molar-refractivity contribution in [2.75, 3.05) is 19.6 Å². The average molecular weight is 256 g/mol. The summed E-state index contributed by atoms with van der Waals surface area (Å²) in [5.41, 5.74) is 2.66. The fraction of sp³-hybridized carbons (Fsp3) is 0.438. The maximum atomic E-state index is 12.3. The number of hydrogen-bond donors (Lipinski definition) is 1. The summed E-state index contributed by atoms with van der Waals surface area (Å²) >= 11 is 0. The molecule has 2 aliphatic heterocycles. The molecule has 1 aromatic rings. The van der Waals surface area contributed by atoms with Crippen LogP contribution in [-0.4, -0.2) is 30.4 Å². The molecule has 3 nitrogen and oxygen atoms in total. The zero-order valence-corrected chi connectivity index (χ0v) is 11.2. The number of carbonyl (C=O) groups excluding carboxylic acids is 1. The van der Waals surface area contributed by atoms with Crippen molar-refractivity contribution in [2.24, 2.45) is 5.92 Å². The molecule has 0 aliphatic carbocycles. The summed E-state index contributed by atoms with van der Waals surface area (Å²) in [5, 5.41) is 3.42. The molecule has 19 heavy (non-hydrogen) atoms. The van der Waals surface area contributed by atoms with E-state index in [0.29, 0.717) is 5.92 Å². The molecule has 3 heteroatoms. The highest BCUT2D eigenvalue weighted by Gasteiger charge is 2.30. The predicted octanol–water partition coefficient (Wildman–Crippen LogP) is 2.50. The second-order valence-corrected chi connectivity index (χ2v) is 5.45. The maximum absolute atomic E-state index is 12.3. The third-order valence-electron chi connectivity index (χ3n) is 4.20. The van der Waals surface area contributed by atoms with Gasteiger partial charge in [0.1, 0.15) is 0 Å². The molecule has 0 spiro atoms. The van der Waals surface area contributed by atoms with Crippen LogP contribution in [0.2, 0.25) is 0 Å². The van der Waals surface area contributed by atoms with Gasteiger partial charge in [-0.05, 0) is 44.3 Å². The van der Waals surface area contributed by atoms with E-state index in [4.69, 9.17) is 0 Å². The Morgan fingerprint density at radius 1 is 1.32 bits per heavy atom. The van der Waals surface area contributed by atoms with Crippen LogP contribution in [-0.2, 0) is 0 Å². The lowest BCUT2D eigenvalue weighted by molar-refractivity contribution is 0.0843. The Labute approximate surface area is 114 Å². The van der Waals surface area contributed by atoms with Crippen LogP contribution in [0.25, 0.3) is 5.70 Å². The molecule has 0 radical (unpaired) electrons. The molecule has 3 rings (SSSR count). The van der Waals surface area contributed by atoms with E-state index in [0.717, 1.165) is 42.9 Å². The number of carbonyl (C=O) groups is 1. The van der Waals surface area contributed by atoms with Gasteiger partial charge in [0.25, 0.3) is 5.91 Å². The molecule has 0 saturated carbocycles. The van der Waals surface area contributed by atoms with Crippen LogP contribution >= 0.6 is 0 Å². The van der Waals surface area contributed by atoms with Crippen LogP contribution in [0.1, 0.15) is 35.2 Å². The lowest BCUT2D eigenvalue weighted by atomic mass is 9.96. The van der Waals surface area contributed by atoms with Gasteiger partial charge in [-0.3, -0.25) is 4.79 Å². The Kier molecular flexibility index (Phi) is 3.38. The van der Waals surface area contributed by atoms with Gasteiger partial charge in [0, 0.05) is 23.4 Å². The number of nitrogens with one attached hydrogen (secondary N) is 1. The number of piperidine rings is 1. The van der Waals surface area contributed by atoms with Crippen LogP contribution in [0.15, 0.2) is 30.8 Å². The molecular weight excluding hydrogens is 236 g/mol. The minimum absolute atomic E-state index is 0.115. The summed E-state index contributed by atoms with van der Waals surface area (Å²) in [6.45, 7) is 7.09. The highest BCUT2D eigenvalue weighted by molar-refractivity contribution is 6.08. The highest BCUT2D eigenvalue weighted by atomic mass is 16.2. The topological polar surface area (TPSA) is 32.3 Å². The summed E-state index contributed by atoms with van der Waals surface area (Å²) in [6, 6.07) is 7.76. The predicted molar refractivity (Wildman–Crippen MR) is 76.7 cm³/mol. The van der Waals surface area contributed by atoms with E-state index in [1.54, 1.807) is 0 Å². The average Bonchev–Trinajstić information content (AvgIpc) is 2.71. The second kappa shape index (κ2) is 5.17. The highest BCUT2D eigenvalue weighted by Crippen LogP contribution is 2.31. The summed E-state index contributed by atoms with van der Waals surface area (Å²) in [7, 11) is 0. The van der Waals surface area contributed by atoms with Gasteiger partial charge >= 0.3 is 0 Å². The molecular formula is C16H20N2O. The van der Waals surface area contributed by atoms with E-state index in [9.17, 15) is 4.79 Å². The Balaban J connectivity index is 1.67. The number of benzene rings is 1. The molecule has 1 N–H and O–H groups in total. The van der Waals surface area contributed by atoms with Crippen molar-refractivity contribution in [3.63, 3.8) is 0 Å². The lowest BCUT2D eigenvalue weighted by Crippen LogP contribution is -2.33. The number of hydrogen-bond acceptors (Lipinski definition) is 2. The summed E-state index contributed by atoms with van der Waals surface area (Å²) < 4.78 is 0. The van der Waals surface area contributed by atoms with Gasteiger partial charge in [0.2, 0.25) is 0 Å². The van der Waals surface area contributed by atoms with Crippen LogP contribution in [0.4, 0.5) is 0 Å². The zero-order chi connectivity index (χ0) is 13.2. The fourth-order valence-electron chi connectivity index (χ4n) is 3.05. The molecule has 1 unspecified atom stereocenters. The number of nitrogens with zero attached hydrogens (tertiary/aromatic N) is 1. The third-order valence-corrected chi connectivity index (χ3v) is 4.20. The van der Waals surface area contributed by atoms with E-state index < -0.39 is 0 Å². The summed E-state index contributed by atoms with van der Waals surface area (Å²) in [4.78, 5) is 14.2. The summed E-state index contributed by atoms with van der Waals surface area (Å²) in [6.07, 6.45) is 3.58. The number of fused-ring (bicyclic) bond motifs is 1. The first-order valence-electron chi connectivity index (χ1n) is 7.08. The first-order chi connectivity index (χ1) is 9.27. The van der Waals surface area contributed by atoms with Crippen molar-refractivity contribution in [3.8, 4) is 0 Å². The molecule has 0 bridgehead atoms. The van der Waals surface area contributed by atoms with Crippen molar-refractivity contribution < 1.29 is 4.79 Å².